The van der Waals surface area contributed by atoms with Crippen LogP contribution < -0.4 is 5.32 Å². The van der Waals surface area contributed by atoms with Gasteiger partial charge in [-0.1, -0.05) is 0 Å². The van der Waals surface area contributed by atoms with Crippen LogP contribution in [0.25, 0.3) is 0 Å². The molecule has 0 bridgehead atoms. The lowest BCUT2D eigenvalue weighted by Gasteiger charge is -2.09. The summed E-state index contributed by atoms with van der Waals surface area (Å²) in [5.41, 5.74) is 1.95. The van der Waals surface area contributed by atoms with Gasteiger partial charge in [0.15, 0.2) is 0 Å². The van der Waals surface area contributed by atoms with Crippen molar-refractivity contribution >= 4 is 17.4 Å². The summed E-state index contributed by atoms with van der Waals surface area (Å²) in [5.74, 6) is 0.809. The van der Waals surface area contributed by atoms with Gasteiger partial charge < -0.3 is 10.1 Å². The quantitative estimate of drug-likeness (QED) is 0.621. The van der Waals surface area contributed by atoms with Crippen molar-refractivity contribution in [3.05, 3.63) is 16.5 Å². The number of anilines is 1. The van der Waals surface area contributed by atoms with E-state index in [0.29, 0.717) is 0 Å². The number of hydrogen-bond acceptors (Lipinski definition) is 4. The third-order valence-corrected chi connectivity index (χ3v) is 2.35. The van der Waals surface area contributed by atoms with Crippen LogP contribution in [-0.2, 0) is 4.74 Å². The van der Waals surface area contributed by atoms with E-state index in [1.807, 2.05) is 13.8 Å². The van der Waals surface area contributed by atoms with E-state index in [9.17, 15) is 0 Å². The number of halogens is 1. The van der Waals surface area contributed by atoms with Crippen molar-refractivity contribution in [3.63, 3.8) is 0 Å². The molecule has 1 aromatic rings. The standard InChI is InChI=1S/C10H16ClN3O/c1-7-8(2)13-10(11)14-9(7)12-5-4-6-15-3/h4-6H2,1-3H3,(H,12,13,14). The van der Waals surface area contributed by atoms with Gasteiger partial charge in [-0.05, 0) is 31.9 Å². The predicted molar refractivity (Wildman–Crippen MR) is 61.5 cm³/mol. The fourth-order valence-corrected chi connectivity index (χ4v) is 1.40. The normalized spacial score (nSPS) is 10.4. The molecule has 0 fully saturated rings. The average Bonchev–Trinajstić information content (AvgIpc) is 2.19. The molecule has 0 aliphatic rings. The van der Waals surface area contributed by atoms with Gasteiger partial charge in [-0.3, -0.25) is 0 Å². The predicted octanol–water partition coefficient (Wildman–Crippen LogP) is 2.20. The van der Waals surface area contributed by atoms with E-state index in [2.05, 4.69) is 15.3 Å². The second-order valence-corrected chi connectivity index (χ2v) is 3.66. The van der Waals surface area contributed by atoms with Gasteiger partial charge in [0.05, 0.1) is 0 Å². The van der Waals surface area contributed by atoms with Crippen LogP contribution >= 0.6 is 11.6 Å². The molecule has 1 N–H and O–H groups in total. The van der Waals surface area contributed by atoms with Crippen molar-refractivity contribution in [2.75, 3.05) is 25.6 Å². The molecule has 4 nitrogen and oxygen atoms in total. The van der Waals surface area contributed by atoms with Crippen LogP contribution in [0.1, 0.15) is 17.7 Å². The number of rotatable bonds is 5. The van der Waals surface area contributed by atoms with Crippen LogP contribution in [0.5, 0.6) is 0 Å². The monoisotopic (exact) mass is 229 g/mol. The molecule has 0 radical (unpaired) electrons. The maximum absolute atomic E-state index is 5.78. The number of ether oxygens (including phenoxy) is 1. The van der Waals surface area contributed by atoms with Crippen LogP contribution in [-0.4, -0.2) is 30.2 Å². The van der Waals surface area contributed by atoms with Crippen molar-refractivity contribution in [1.82, 2.24) is 9.97 Å². The zero-order valence-corrected chi connectivity index (χ0v) is 10.1. The van der Waals surface area contributed by atoms with Gasteiger partial charge in [0.2, 0.25) is 5.28 Å². The van der Waals surface area contributed by atoms with Crippen molar-refractivity contribution in [3.8, 4) is 0 Å². The van der Waals surface area contributed by atoms with Crippen molar-refractivity contribution < 1.29 is 4.74 Å². The minimum Gasteiger partial charge on any atom is -0.385 e. The summed E-state index contributed by atoms with van der Waals surface area (Å²) >= 11 is 5.78. The van der Waals surface area contributed by atoms with E-state index in [4.69, 9.17) is 16.3 Å². The first-order valence-corrected chi connectivity index (χ1v) is 5.26. The summed E-state index contributed by atoms with van der Waals surface area (Å²) in [6.07, 6.45) is 0.941. The number of aryl methyl sites for hydroxylation is 1. The Morgan fingerprint density at radius 1 is 1.33 bits per heavy atom. The number of hydrogen-bond donors (Lipinski definition) is 1. The van der Waals surface area contributed by atoms with Gasteiger partial charge in [0.25, 0.3) is 0 Å². The molecule has 0 saturated carbocycles. The Bertz CT molecular complexity index is 331. The van der Waals surface area contributed by atoms with Gasteiger partial charge in [0.1, 0.15) is 5.82 Å². The molecule has 0 aromatic carbocycles. The first kappa shape index (κ1) is 12.2. The molecule has 0 aliphatic heterocycles. The highest BCUT2D eigenvalue weighted by Crippen LogP contribution is 2.16. The number of methoxy groups -OCH3 is 1. The molecule has 0 atom stereocenters. The number of nitrogens with one attached hydrogen (secondary N) is 1. The molecule has 0 amide bonds. The lowest BCUT2D eigenvalue weighted by molar-refractivity contribution is 0.197. The molecular weight excluding hydrogens is 214 g/mol. The molecule has 1 aromatic heterocycles. The molecular formula is C10H16ClN3O. The fraction of sp³-hybridized carbons (Fsp3) is 0.600. The fourth-order valence-electron chi connectivity index (χ4n) is 1.19. The van der Waals surface area contributed by atoms with Crippen molar-refractivity contribution in [2.45, 2.75) is 20.3 Å². The average molecular weight is 230 g/mol. The minimum absolute atomic E-state index is 0.285. The van der Waals surface area contributed by atoms with Crippen LogP contribution in [0.2, 0.25) is 5.28 Å². The maximum Gasteiger partial charge on any atom is 0.224 e. The molecule has 15 heavy (non-hydrogen) atoms. The lowest BCUT2D eigenvalue weighted by Crippen LogP contribution is -2.09. The molecule has 0 saturated heterocycles. The molecule has 0 aliphatic carbocycles. The summed E-state index contributed by atoms with van der Waals surface area (Å²) in [4.78, 5) is 8.20. The Morgan fingerprint density at radius 2 is 2.07 bits per heavy atom. The Balaban J connectivity index is 2.60. The molecule has 1 rings (SSSR count). The Hall–Kier alpha value is -0.870. The second-order valence-electron chi connectivity index (χ2n) is 3.32. The minimum atomic E-state index is 0.285. The molecule has 0 unspecified atom stereocenters. The first-order valence-electron chi connectivity index (χ1n) is 4.88. The summed E-state index contributed by atoms with van der Waals surface area (Å²) in [6.45, 7) is 5.46. The highest BCUT2D eigenvalue weighted by molar-refractivity contribution is 6.28. The number of aromatic nitrogens is 2. The van der Waals surface area contributed by atoms with Gasteiger partial charge in [-0.2, -0.15) is 0 Å². The highest BCUT2D eigenvalue weighted by Gasteiger charge is 2.05. The first-order chi connectivity index (χ1) is 7.15. The zero-order valence-electron chi connectivity index (χ0n) is 9.30. The van der Waals surface area contributed by atoms with Crippen LogP contribution in [0.4, 0.5) is 5.82 Å². The summed E-state index contributed by atoms with van der Waals surface area (Å²) < 4.78 is 4.96. The summed E-state index contributed by atoms with van der Waals surface area (Å²) in [6, 6.07) is 0. The van der Waals surface area contributed by atoms with Gasteiger partial charge in [-0.15, -0.1) is 0 Å². The third kappa shape index (κ3) is 3.64. The largest absolute Gasteiger partial charge is 0.385 e. The Morgan fingerprint density at radius 3 is 2.73 bits per heavy atom. The number of nitrogens with zero attached hydrogens (tertiary/aromatic N) is 2. The molecule has 0 spiro atoms. The van der Waals surface area contributed by atoms with Gasteiger partial charge in [0, 0.05) is 31.5 Å². The van der Waals surface area contributed by atoms with E-state index in [1.165, 1.54) is 0 Å². The topological polar surface area (TPSA) is 47.0 Å². The lowest BCUT2D eigenvalue weighted by atomic mass is 10.2. The molecule has 84 valence electrons. The zero-order chi connectivity index (χ0) is 11.3. The van der Waals surface area contributed by atoms with Crippen molar-refractivity contribution in [1.29, 1.82) is 0 Å². The van der Waals surface area contributed by atoms with Gasteiger partial charge in [-0.25, -0.2) is 9.97 Å². The van der Waals surface area contributed by atoms with E-state index >= 15 is 0 Å². The second kappa shape index (κ2) is 5.88. The SMILES string of the molecule is COCCCNc1nc(Cl)nc(C)c1C. The van der Waals surface area contributed by atoms with E-state index < -0.39 is 0 Å². The third-order valence-electron chi connectivity index (χ3n) is 2.18. The van der Waals surface area contributed by atoms with E-state index in [-0.39, 0.29) is 5.28 Å². The highest BCUT2D eigenvalue weighted by atomic mass is 35.5. The summed E-state index contributed by atoms with van der Waals surface area (Å²) in [7, 11) is 1.69. The summed E-state index contributed by atoms with van der Waals surface area (Å²) in [5, 5.41) is 3.50. The van der Waals surface area contributed by atoms with Crippen LogP contribution in [0.3, 0.4) is 0 Å². The van der Waals surface area contributed by atoms with Crippen molar-refractivity contribution in [2.24, 2.45) is 0 Å². The smallest absolute Gasteiger partial charge is 0.224 e. The van der Waals surface area contributed by atoms with Gasteiger partial charge >= 0.3 is 0 Å². The Labute approximate surface area is 95.0 Å². The van der Waals surface area contributed by atoms with E-state index in [0.717, 1.165) is 36.6 Å². The van der Waals surface area contributed by atoms with Crippen LogP contribution in [0.15, 0.2) is 0 Å². The molecule has 1 heterocycles. The van der Waals surface area contributed by atoms with Crippen LogP contribution in [0, 0.1) is 13.8 Å². The van der Waals surface area contributed by atoms with E-state index in [1.54, 1.807) is 7.11 Å². The maximum atomic E-state index is 5.78. The Kier molecular flexibility index (Phi) is 4.78. The molecule has 5 heteroatoms.